The van der Waals surface area contributed by atoms with E-state index in [1.807, 2.05) is 30.3 Å². The number of aromatic nitrogens is 2. The number of para-hydroxylation sites is 1. The smallest absolute Gasteiger partial charge is 0.363 e. The average molecular weight is 393 g/mol. The van der Waals surface area contributed by atoms with Gasteiger partial charge in [-0.15, -0.1) is 0 Å². The lowest BCUT2D eigenvalue weighted by Gasteiger charge is -2.07. The molecule has 29 heavy (non-hydrogen) atoms. The van der Waals surface area contributed by atoms with E-state index in [1.165, 1.54) is 18.7 Å². The zero-order chi connectivity index (χ0) is 20.8. The first-order valence-corrected chi connectivity index (χ1v) is 8.75. The highest BCUT2D eigenvalue weighted by atomic mass is 16.5. The van der Waals surface area contributed by atoms with Crippen molar-refractivity contribution in [3.05, 3.63) is 72.1 Å². The number of carbonyl (C=O) groups is 3. The summed E-state index contributed by atoms with van der Waals surface area (Å²) in [6.07, 6.45) is 1.56. The fraction of sp³-hybridized carbons (Fsp3) is 0.143. The first-order valence-electron chi connectivity index (χ1n) is 8.75. The fourth-order valence-electron chi connectivity index (χ4n) is 2.55. The van der Waals surface area contributed by atoms with Crippen molar-refractivity contribution in [1.82, 2.24) is 9.78 Å². The van der Waals surface area contributed by atoms with Crippen LogP contribution in [0.1, 0.15) is 27.8 Å². The van der Waals surface area contributed by atoms with E-state index in [0.29, 0.717) is 11.3 Å². The molecule has 1 N–H and O–H groups in total. The molecule has 0 spiro atoms. The number of amides is 1. The van der Waals surface area contributed by atoms with Gasteiger partial charge in [0.05, 0.1) is 19.0 Å². The van der Waals surface area contributed by atoms with Crippen LogP contribution in [0.2, 0.25) is 0 Å². The number of carbonyl (C=O) groups excluding carboxylic acids is 3. The molecule has 3 aromatic rings. The summed E-state index contributed by atoms with van der Waals surface area (Å²) in [6.45, 7) is 0.967. The largest absolute Gasteiger partial charge is 0.493 e. The molecule has 0 bridgehead atoms. The Morgan fingerprint density at radius 2 is 1.72 bits per heavy atom. The van der Waals surface area contributed by atoms with Gasteiger partial charge in [-0.3, -0.25) is 9.59 Å². The maximum atomic E-state index is 12.4. The standard InChI is InChI=1S/C21H19N3O5/c1-14(25)15-8-10-16(11-9-15)22-19(26)13-29-21(27)20-18(28-2)12-24(23-20)17-6-4-3-5-7-17/h3-12H,13H2,1-2H3,(H,22,26). The second kappa shape index (κ2) is 8.83. The molecule has 2 aromatic carbocycles. The third-order valence-electron chi connectivity index (χ3n) is 4.02. The summed E-state index contributed by atoms with van der Waals surface area (Å²) in [5.41, 5.74) is 1.74. The summed E-state index contributed by atoms with van der Waals surface area (Å²) in [6, 6.07) is 15.6. The Hall–Kier alpha value is -3.94. The molecule has 0 radical (unpaired) electrons. The van der Waals surface area contributed by atoms with Crippen molar-refractivity contribution >= 4 is 23.3 Å². The van der Waals surface area contributed by atoms with Crippen LogP contribution < -0.4 is 10.1 Å². The second-order valence-electron chi connectivity index (χ2n) is 6.08. The summed E-state index contributed by atoms with van der Waals surface area (Å²) >= 11 is 0. The lowest BCUT2D eigenvalue weighted by molar-refractivity contribution is -0.119. The summed E-state index contributed by atoms with van der Waals surface area (Å²) in [4.78, 5) is 35.7. The molecule has 8 heteroatoms. The summed E-state index contributed by atoms with van der Waals surface area (Å²) in [5.74, 6) is -1.13. The number of ketones is 1. The summed E-state index contributed by atoms with van der Waals surface area (Å²) in [7, 11) is 1.42. The van der Waals surface area contributed by atoms with Gasteiger partial charge in [0.15, 0.2) is 18.1 Å². The molecule has 148 valence electrons. The van der Waals surface area contributed by atoms with Crippen LogP contribution >= 0.6 is 0 Å². The number of methoxy groups -OCH3 is 1. The van der Waals surface area contributed by atoms with Crippen LogP contribution in [0.15, 0.2) is 60.8 Å². The van der Waals surface area contributed by atoms with Gasteiger partial charge in [0, 0.05) is 11.3 Å². The first-order chi connectivity index (χ1) is 14.0. The zero-order valence-corrected chi connectivity index (χ0v) is 15.9. The Morgan fingerprint density at radius 1 is 1.03 bits per heavy atom. The van der Waals surface area contributed by atoms with Gasteiger partial charge in [-0.1, -0.05) is 18.2 Å². The van der Waals surface area contributed by atoms with Crippen LogP contribution in [0.3, 0.4) is 0 Å². The lowest BCUT2D eigenvalue weighted by atomic mass is 10.1. The number of nitrogens with one attached hydrogen (secondary N) is 1. The number of hydrogen-bond donors (Lipinski definition) is 1. The molecule has 3 rings (SSSR count). The minimum Gasteiger partial charge on any atom is -0.493 e. The van der Waals surface area contributed by atoms with Crippen molar-refractivity contribution in [2.24, 2.45) is 0 Å². The maximum absolute atomic E-state index is 12.4. The van der Waals surface area contributed by atoms with Crippen LogP contribution in [-0.2, 0) is 9.53 Å². The van der Waals surface area contributed by atoms with Crippen molar-refractivity contribution in [2.75, 3.05) is 19.0 Å². The van der Waals surface area contributed by atoms with E-state index in [9.17, 15) is 14.4 Å². The number of rotatable bonds is 7. The van der Waals surface area contributed by atoms with Crippen molar-refractivity contribution in [1.29, 1.82) is 0 Å². The molecule has 1 amide bonds. The van der Waals surface area contributed by atoms with Crippen molar-refractivity contribution in [3.8, 4) is 11.4 Å². The second-order valence-corrected chi connectivity index (χ2v) is 6.08. The van der Waals surface area contributed by atoms with Crippen LogP contribution in [0.25, 0.3) is 5.69 Å². The Labute approximate surface area is 167 Å². The minimum atomic E-state index is -0.779. The highest BCUT2D eigenvalue weighted by molar-refractivity contribution is 5.97. The van der Waals surface area contributed by atoms with Crippen LogP contribution in [0, 0.1) is 0 Å². The van der Waals surface area contributed by atoms with Gasteiger partial charge >= 0.3 is 5.97 Å². The Kier molecular flexibility index (Phi) is 6.03. The monoisotopic (exact) mass is 393 g/mol. The first kappa shape index (κ1) is 19.8. The number of hydrogen-bond acceptors (Lipinski definition) is 6. The van der Waals surface area contributed by atoms with Gasteiger partial charge in [0.2, 0.25) is 5.69 Å². The SMILES string of the molecule is COc1cn(-c2ccccc2)nc1C(=O)OCC(=O)Nc1ccc(C(C)=O)cc1. The van der Waals surface area contributed by atoms with Crippen molar-refractivity contribution in [2.45, 2.75) is 6.92 Å². The molecular formula is C21H19N3O5. The van der Waals surface area contributed by atoms with Gasteiger partial charge in [-0.05, 0) is 43.3 Å². The van der Waals surface area contributed by atoms with Gasteiger partial charge in [0.25, 0.3) is 5.91 Å². The number of nitrogens with zero attached hydrogens (tertiary/aromatic N) is 2. The molecule has 0 saturated heterocycles. The van der Waals surface area contributed by atoms with Crippen LogP contribution in [-0.4, -0.2) is 41.2 Å². The predicted molar refractivity (Wildman–Crippen MR) is 105 cm³/mol. The molecular weight excluding hydrogens is 374 g/mol. The third-order valence-corrected chi connectivity index (χ3v) is 4.02. The summed E-state index contributed by atoms with van der Waals surface area (Å²) in [5, 5.41) is 6.78. The molecule has 1 heterocycles. The van der Waals surface area contributed by atoms with Gasteiger partial charge in [0.1, 0.15) is 0 Å². The predicted octanol–water partition coefficient (Wildman–Crippen LogP) is 2.88. The number of benzene rings is 2. The van der Waals surface area contributed by atoms with Crippen LogP contribution in [0.4, 0.5) is 5.69 Å². The molecule has 0 aliphatic carbocycles. The molecule has 0 saturated carbocycles. The number of Topliss-reactive ketones (excluding diaryl/α,β-unsaturated/α-hetero) is 1. The van der Waals surface area contributed by atoms with Gasteiger partial charge in [-0.25, -0.2) is 9.48 Å². The fourth-order valence-corrected chi connectivity index (χ4v) is 2.55. The van der Waals surface area contributed by atoms with E-state index in [1.54, 1.807) is 30.5 Å². The third kappa shape index (κ3) is 4.86. The lowest BCUT2D eigenvalue weighted by Crippen LogP contribution is -2.21. The Bertz CT molecular complexity index is 1030. The number of anilines is 1. The van der Waals surface area contributed by atoms with E-state index >= 15 is 0 Å². The van der Waals surface area contributed by atoms with E-state index in [-0.39, 0.29) is 17.2 Å². The Morgan fingerprint density at radius 3 is 2.34 bits per heavy atom. The molecule has 0 fully saturated rings. The summed E-state index contributed by atoms with van der Waals surface area (Å²) < 4.78 is 11.7. The van der Waals surface area contributed by atoms with Gasteiger partial charge < -0.3 is 14.8 Å². The molecule has 1 aromatic heterocycles. The van der Waals surface area contributed by atoms with E-state index < -0.39 is 18.5 Å². The van der Waals surface area contributed by atoms with Gasteiger partial charge in [-0.2, -0.15) is 5.10 Å². The molecule has 0 aliphatic heterocycles. The quantitative estimate of drug-likeness (QED) is 0.489. The normalized spacial score (nSPS) is 10.3. The Balaban J connectivity index is 1.62. The molecule has 0 unspecified atom stereocenters. The van der Waals surface area contributed by atoms with E-state index in [4.69, 9.17) is 9.47 Å². The van der Waals surface area contributed by atoms with Crippen molar-refractivity contribution in [3.63, 3.8) is 0 Å². The highest BCUT2D eigenvalue weighted by Gasteiger charge is 2.21. The topological polar surface area (TPSA) is 99.5 Å². The van der Waals surface area contributed by atoms with E-state index in [2.05, 4.69) is 10.4 Å². The van der Waals surface area contributed by atoms with Crippen LogP contribution in [0.5, 0.6) is 5.75 Å². The molecule has 8 nitrogen and oxygen atoms in total. The average Bonchev–Trinajstić information content (AvgIpc) is 3.18. The molecule has 0 atom stereocenters. The number of ether oxygens (including phenoxy) is 2. The zero-order valence-electron chi connectivity index (χ0n) is 15.9. The molecule has 0 aliphatic rings. The minimum absolute atomic E-state index is 0.0324. The highest BCUT2D eigenvalue weighted by Crippen LogP contribution is 2.20. The van der Waals surface area contributed by atoms with Crippen molar-refractivity contribution < 1.29 is 23.9 Å². The maximum Gasteiger partial charge on any atom is 0.363 e. The van der Waals surface area contributed by atoms with E-state index in [0.717, 1.165) is 5.69 Å². The number of esters is 1.